The van der Waals surface area contributed by atoms with E-state index in [9.17, 15) is 9.59 Å². The number of carbonyl (C=O) groups excluding carboxylic acids is 2. The molecule has 0 saturated carbocycles. The van der Waals surface area contributed by atoms with E-state index in [1.807, 2.05) is 48.1 Å². The summed E-state index contributed by atoms with van der Waals surface area (Å²) in [5.41, 5.74) is 3.16. The largest absolute Gasteiger partial charge is 0.462 e. The molecule has 1 amide bonds. The maximum atomic E-state index is 12.2. The minimum Gasteiger partial charge on any atom is -0.462 e. The van der Waals surface area contributed by atoms with Crippen LogP contribution in [0.3, 0.4) is 0 Å². The molecule has 0 spiro atoms. The standard InChI is InChI=1S/C21H21N3O3S/c1-3-27-20(26)16-9-11-17(12-10-16)23-19(25)14-28-21-22-13-18(24(21)2)15-7-5-4-6-8-15/h4-13H,3,14H2,1-2H3,(H,23,25). The predicted molar refractivity (Wildman–Crippen MR) is 110 cm³/mol. The van der Waals surface area contributed by atoms with Crippen LogP contribution in [-0.2, 0) is 16.6 Å². The Morgan fingerprint density at radius 2 is 1.82 bits per heavy atom. The van der Waals surface area contributed by atoms with E-state index in [1.54, 1.807) is 31.2 Å². The third-order valence-electron chi connectivity index (χ3n) is 4.03. The number of aromatic nitrogens is 2. The lowest BCUT2D eigenvalue weighted by Crippen LogP contribution is -2.14. The van der Waals surface area contributed by atoms with Gasteiger partial charge in [0.15, 0.2) is 5.16 Å². The van der Waals surface area contributed by atoms with Crippen LogP contribution >= 0.6 is 11.8 Å². The summed E-state index contributed by atoms with van der Waals surface area (Å²) in [7, 11) is 1.93. The number of anilines is 1. The van der Waals surface area contributed by atoms with Crippen LogP contribution in [0.2, 0.25) is 0 Å². The van der Waals surface area contributed by atoms with Crippen LogP contribution in [0.5, 0.6) is 0 Å². The van der Waals surface area contributed by atoms with Crippen LogP contribution in [0, 0.1) is 0 Å². The smallest absolute Gasteiger partial charge is 0.338 e. The molecular weight excluding hydrogens is 374 g/mol. The van der Waals surface area contributed by atoms with Gasteiger partial charge in [-0.2, -0.15) is 0 Å². The topological polar surface area (TPSA) is 73.2 Å². The Hall–Kier alpha value is -3.06. The highest BCUT2D eigenvalue weighted by molar-refractivity contribution is 7.99. The summed E-state index contributed by atoms with van der Waals surface area (Å²) >= 11 is 1.37. The Morgan fingerprint density at radius 1 is 1.11 bits per heavy atom. The zero-order valence-corrected chi connectivity index (χ0v) is 16.5. The number of thioether (sulfide) groups is 1. The van der Waals surface area contributed by atoms with Crippen molar-refractivity contribution in [3.8, 4) is 11.3 Å². The molecule has 7 heteroatoms. The van der Waals surface area contributed by atoms with Crippen molar-refractivity contribution in [1.82, 2.24) is 9.55 Å². The number of amides is 1. The molecule has 0 aliphatic carbocycles. The van der Waals surface area contributed by atoms with Gasteiger partial charge in [-0.05, 0) is 36.8 Å². The zero-order chi connectivity index (χ0) is 19.9. The minimum atomic E-state index is -0.375. The molecule has 1 N–H and O–H groups in total. The van der Waals surface area contributed by atoms with E-state index in [4.69, 9.17) is 4.74 Å². The van der Waals surface area contributed by atoms with Gasteiger partial charge in [0.25, 0.3) is 0 Å². The maximum absolute atomic E-state index is 12.2. The van der Waals surface area contributed by atoms with Gasteiger partial charge in [-0.15, -0.1) is 0 Å². The molecule has 28 heavy (non-hydrogen) atoms. The van der Waals surface area contributed by atoms with Crippen LogP contribution in [0.15, 0.2) is 66.0 Å². The molecule has 0 fully saturated rings. The van der Waals surface area contributed by atoms with Gasteiger partial charge in [0.05, 0.1) is 29.8 Å². The van der Waals surface area contributed by atoms with Gasteiger partial charge in [0.2, 0.25) is 5.91 Å². The molecule has 0 radical (unpaired) electrons. The molecule has 0 aliphatic heterocycles. The highest BCUT2D eigenvalue weighted by Gasteiger charge is 2.12. The highest BCUT2D eigenvalue weighted by atomic mass is 32.2. The summed E-state index contributed by atoms with van der Waals surface area (Å²) in [5, 5.41) is 3.59. The molecule has 0 atom stereocenters. The molecule has 6 nitrogen and oxygen atoms in total. The number of imidazole rings is 1. The van der Waals surface area contributed by atoms with E-state index in [-0.39, 0.29) is 17.6 Å². The van der Waals surface area contributed by atoms with Crippen molar-refractivity contribution >= 4 is 29.3 Å². The molecule has 3 rings (SSSR count). The first-order valence-corrected chi connectivity index (χ1v) is 9.84. The molecule has 0 bridgehead atoms. The first kappa shape index (κ1) is 19.7. The van der Waals surface area contributed by atoms with E-state index in [2.05, 4.69) is 10.3 Å². The zero-order valence-electron chi connectivity index (χ0n) is 15.7. The van der Waals surface area contributed by atoms with Gasteiger partial charge < -0.3 is 14.6 Å². The number of nitrogens with zero attached hydrogens (tertiary/aromatic N) is 2. The molecule has 2 aromatic carbocycles. The van der Waals surface area contributed by atoms with E-state index in [1.165, 1.54) is 11.8 Å². The van der Waals surface area contributed by atoms with Gasteiger partial charge in [-0.3, -0.25) is 4.79 Å². The lowest BCUT2D eigenvalue weighted by Gasteiger charge is -2.07. The molecule has 0 unspecified atom stereocenters. The minimum absolute atomic E-state index is 0.141. The van der Waals surface area contributed by atoms with Crippen LogP contribution in [0.1, 0.15) is 17.3 Å². The van der Waals surface area contributed by atoms with Crippen LogP contribution in [0.4, 0.5) is 5.69 Å². The number of hydrogen-bond acceptors (Lipinski definition) is 5. The van der Waals surface area contributed by atoms with E-state index >= 15 is 0 Å². The Balaban J connectivity index is 1.56. The number of rotatable bonds is 7. The lowest BCUT2D eigenvalue weighted by molar-refractivity contribution is -0.113. The van der Waals surface area contributed by atoms with Crippen molar-refractivity contribution in [2.75, 3.05) is 17.7 Å². The average molecular weight is 395 g/mol. The molecular formula is C21H21N3O3S. The Bertz CT molecular complexity index is 953. The molecule has 0 saturated heterocycles. The van der Waals surface area contributed by atoms with Crippen molar-refractivity contribution in [2.45, 2.75) is 12.1 Å². The number of ether oxygens (including phenoxy) is 1. The third kappa shape index (κ3) is 4.80. The summed E-state index contributed by atoms with van der Waals surface area (Å²) in [6.45, 7) is 2.09. The maximum Gasteiger partial charge on any atom is 0.338 e. The van der Waals surface area contributed by atoms with Crippen molar-refractivity contribution in [1.29, 1.82) is 0 Å². The SMILES string of the molecule is CCOC(=O)c1ccc(NC(=O)CSc2ncc(-c3ccccc3)n2C)cc1. The van der Waals surface area contributed by atoms with Crippen molar-refractivity contribution < 1.29 is 14.3 Å². The second-order valence-corrected chi connectivity index (χ2v) is 6.93. The van der Waals surface area contributed by atoms with Crippen molar-refractivity contribution in [3.63, 3.8) is 0 Å². The molecule has 3 aromatic rings. The van der Waals surface area contributed by atoms with Gasteiger partial charge >= 0.3 is 5.97 Å². The van der Waals surface area contributed by atoms with Crippen LogP contribution in [-0.4, -0.2) is 33.8 Å². The normalized spacial score (nSPS) is 10.5. The lowest BCUT2D eigenvalue weighted by atomic mass is 10.2. The quantitative estimate of drug-likeness (QED) is 0.484. The Kier molecular flexibility index (Phi) is 6.49. The fourth-order valence-electron chi connectivity index (χ4n) is 2.64. The van der Waals surface area contributed by atoms with Gasteiger partial charge in [0, 0.05) is 12.7 Å². The molecule has 0 aliphatic rings. The predicted octanol–water partition coefficient (Wildman–Crippen LogP) is 3.99. The second kappa shape index (κ2) is 9.23. The summed E-state index contributed by atoms with van der Waals surface area (Å²) in [4.78, 5) is 28.3. The second-order valence-electron chi connectivity index (χ2n) is 5.99. The first-order chi connectivity index (χ1) is 13.6. The molecule has 144 valence electrons. The average Bonchev–Trinajstić information content (AvgIpc) is 3.08. The Morgan fingerprint density at radius 3 is 2.50 bits per heavy atom. The van der Waals surface area contributed by atoms with E-state index < -0.39 is 0 Å². The fourth-order valence-corrected chi connectivity index (χ4v) is 3.39. The fraction of sp³-hybridized carbons (Fsp3) is 0.190. The number of hydrogen-bond donors (Lipinski definition) is 1. The van der Waals surface area contributed by atoms with E-state index in [0.717, 1.165) is 16.4 Å². The number of carbonyl (C=O) groups is 2. The number of benzene rings is 2. The molecule has 1 heterocycles. The number of nitrogens with one attached hydrogen (secondary N) is 1. The van der Waals surface area contributed by atoms with Gasteiger partial charge in [0.1, 0.15) is 0 Å². The number of esters is 1. The van der Waals surface area contributed by atoms with Crippen molar-refractivity contribution in [3.05, 3.63) is 66.4 Å². The highest BCUT2D eigenvalue weighted by Crippen LogP contribution is 2.24. The monoisotopic (exact) mass is 395 g/mol. The summed E-state index contributed by atoms with van der Waals surface area (Å²) < 4.78 is 6.92. The van der Waals surface area contributed by atoms with Crippen LogP contribution in [0.25, 0.3) is 11.3 Å². The summed E-state index contributed by atoms with van der Waals surface area (Å²) in [6, 6.07) is 16.6. The summed E-state index contributed by atoms with van der Waals surface area (Å²) in [5.74, 6) is -0.281. The third-order valence-corrected chi connectivity index (χ3v) is 5.07. The first-order valence-electron chi connectivity index (χ1n) is 8.85. The van der Waals surface area contributed by atoms with E-state index in [0.29, 0.717) is 17.9 Å². The van der Waals surface area contributed by atoms with Gasteiger partial charge in [-0.25, -0.2) is 9.78 Å². The molecule has 1 aromatic heterocycles. The summed E-state index contributed by atoms with van der Waals surface area (Å²) in [6.07, 6.45) is 1.81. The van der Waals surface area contributed by atoms with Crippen molar-refractivity contribution in [2.24, 2.45) is 7.05 Å². The Labute approximate surface area is 167 Å². The van der Waals surface area contributed by atoms with Crippen LogP contribution < -0.4 is 5.32 Å². The van der Waals surface area contributed by atoms with Gasteiger partial charge in [-0.1, -0.05) is 42.1 Å².